The summed E-state index contributed by atoms with van der Waals surface area (Å²) < 4.78 is 7.51. The Morgan fingerprint density at radius 3 is 2.80 bits per heavy atom. The fraction of sp³-hybridized carbons (Fsp3) is 0.579. The van der Waals surface area contributed by atoms with E-state index in [4.69, 9.17) is 9.72 Å². The highest BCUT2D eigenvalue weighted by molar-refractivity contribution is 5.81. The number of nitrogens with zero attached hydrogens (tertiary/aromatic N) is 4. The van der Waals surface area contributed by atoms with Crippen LogP contribution >= 0.6 is 0 Å². The van der Waals surface area contributed by atoms with Crippen LogP contribution in [-0.2, 0) is 22.6 Å². The Bertz CT molecular complexity index is 707. The van der Waals surface area contributed by atoms with Gasteiger partial charge in [0.05, 0.1) is 30.8 Å². The summed E-state index contributed by atoms with van der Waals surface area (Å²) in [5.74, 6) is 1.10. The lowest BCUT2D eigenvalue weighted by atomic mass is 10.3. The third-order valence-electron chi connectivity index (χ3n) is 4.77. The fourth-order valence-electron chi connectivity index (χ4n) is 3.16. The number of aromatic nitrogens is 2. The number of ether oxygens (including phenoxy) is 1. The Labute approximate surface area is 149 Å². The van der Waals surface area contributed by atoms with Crippen LogP contribution < -0.4 is 0 Å². The zero-order chi connectivity index (χ0) is 17.6. The Morgan fingerprint density at radius 1 is 1.28 bits per heavy atom. The molecule has 1 aliphatic heterocycles. The van der Waals surface area contributed by atoms with E-state index in [2.05, 4.69) is 16.4 Å². The van der Waals surface area contributed by atoms with Gasteiger partial charge in [-0.25, -0.2) is 4.98 Å². The summed E-state index contributed by atoms with van der Waals surface area (Å²) in [7, 11) is 1.89. The second-order valence-corrected chi connectivity index (χ2v) is 6.66. The molecule has 0 aliphatic carbocycles. The van der Waals surface area contributed by atoms with Gasteiger partial charge in [-0.1, -0.05) is 25.5 Å². The van der Waals surface area contributed by atoms with Crippen molar-refractivity contribution < 1.29 is 9.53 Å². The zero-order valence-electron chi connectivity index (χ0n) is 15.3. The van der Waals surface area contributed by atoms with Crippen molar-refractivity contribution >= 4 is 16.9 Å². The van der Waals surface area contributed by atoms with E-state index in [9.17, 15) is 4.79 Å². The van der Waals surface area contributed by atoms with Crippen LogP contribution in [0.5, 0.6) is 0 Å². The molecule has 1 aliphatic rings. The van der Waals surface area contributed by atoms with Gasteiger partial charge >= 0.3 is 0 Å². The van der Waals surface area contributed by atoms with Crippen LogP contribution in [0.3, 0.4) is 0 Å². The lowest BCUT2D eigenvalue weighted by Crippen LogP contribution is -2.37. The number of benzene rings is 1. The molecule has 0 unspecified atom stereocenters. The van der Waals surface area contributed by atoms with E-state index in [0.717, 1.165) is 69.1 Å². The Hall–Kier alpha value is -1.92. The molecule has 1 aromatic carbocycles. The number of para-hydroxylation sites is 2. The van der Waals surface area contributed by atoms with E-state index in [1.807, 2.05) is 36.2 Å². The van der Waals surface area contributed by atoms with Gasteiger partial charge < -0.3 is 14.2 Å². The molecule has 1 aromatic heterocycles. The molecule has 2 aromatic rings. The first-order chi connectivity index (χ1) is 12.2. The van der Waals surface area contributed by atoms with E-state index in [1.165, 1.54) is 0 Å². The predicted molar refractivity (Wildman–Crippen MR) is 98.4 cm³/mol. The molecule has 0 spiro atoms. The summed E-state index contributed by atoms with van der Waals surface area (Å²) in [6.45, 7) is 7.40. The molecule has 1 amide bonds. The first-order valence-electron chi connectivity index (χ1n) is 9.17. The largest absolute Gasteiger partial charge is 0.379 e. The first kappa shape index (κ1) is 17.9. The standard InChI is InChI=1S/C19H28N4O2/c1-3-4-9-21(2)19(24)15-23-17-8-6-5-7-16(17)20-18(23)14-22-10-12-25-13-11-22/h5-8H,3-4,9-15H2,1-2H3. The smallest absolute Gasteiger partial charge is 0.242 e. The quantitative estimate of drug-likeness (QED) is 0.772. The summed E-state index contributed by atoms with van der Waals surface area (Å²) >= 11 is 0. The maximum absolute atomic E-state index is 12.6. The predicted octanol–water partition coefficient (Wildman–Crippen LogP) is 2.13. The van der Waals surface area contributed by atoms with E-state index in [1.54, 1.807) is 0 Å². The highest BCUT2D eigenvalue weighted by Crippen LogP contribution is 2.18. The molecule has 25 heavy (non-hydrogen) atoms. The van der Waals surface area contributed by atoms with Crippen molar-refractivity contribution in [2.24, 2.45) is 0 Å². The van der Waals surface area contributed by atoms with Crippen LogP contribution in [0.25, 0.3) is 11.0 Å². The maximum atomic E-state index is 12.6. The van der Waals surface area contributed by atoms with Gasteiger partial charge in [0.15, 0.2) is 0 Å². The van der Waals surface area contributed by atoms with Gasteiger partial charge in [-0.05, 0) is 18.6 Å². The zero-order valence-corrected chi connectivity index (χ0v) is 15.3. The minimum absolute atomic E-state index is 0.139. The number of morpholine rings is 1. The van der Waals surface area contributed by atoms with Crippen LogP contribution in [0.2, 0.25) is 0 Å². The molecule has 6 nitrogen and oxygen atoms in total. The lowest BCUT2D eigenvalue weighted by molar-refractivity contribution is -0.130. The van der Waals surface area contributed by atoms with Crippen molar-refractivity contribution in [1.82, 2.24) is 19.4 Å². The third-order valence-corrected chi connectivity index (χ3v) is 4.77. The molecule has 0 saturated carbocycles. The number of unbranched alkanes of at least 4 members (excludes halogenated alkanes) is 1. The van der Waals surface area contributed by atoms with Crippen molar-refractivity contribution in [2.75, 3.05) is 39.9 Å². The molecule has 1 fully saturated rings. The Morgan fingerprint density at radius 2 is 2.04 bits per heavy atom. The molecule has 0 bridgehead atoms. The van der Waals surface area contributed by atoms with E-state index in [-0.39, 0.29) is 5.91 Å². The van der Waals surface area contributed by atoms with Crippen LogP contribution in [0.4, 0.5) is 0 Å². The molecule has 6 heteroatoms. The number of rotatable bonds is 7. The minimum Gasteiger partial charge on any atom is -0.379 e. The summed E-state index contributed by atoms with van der Waals surface area (Å²) in [6, 6.07) is 8.06. The SMILES string of the molecule is CCCCN(C)C(=O)Cn1c(CN2CCOCC2)nc2ccccc21. The number of likely N-dealkylation sites (N-methyl/N-ethyl adjacent to an activating group) is 1. The number of hydrogen-bond acceptors (Lipinski definition) is 4. The average molecular weight is 344 g/mol. The molecule has 3 rings (SSSR count). The molecule has 0 atom stereocenters. The molecular formula is C19H28N4O2. The van der Waals surface area contributed by atoms with Crippen molar-refractivity contribution in [1.29, 1.82) is 0 Å². The van der Waals surface area contributed by atoms with Crippen LogP contribution in [-0.4, -0.2) is 65.2 Å². The maximum Gasteiger partial charge on any atom is 0.242 e. The van der Waals surface area contributed by atoms with Crippen LogP contribution in [0.1, 0.15) is 25.6 Å². The van der Waals surface area contributed by atoms with Gasteiger partial charge in [0.2, 0.25) is 5.91 Å². The fourth-order valence-corrected chi connectivity index (χ4v) is 3.16. The molecular weight excluding hydrogens is 316 g/mol. The first-order valence-corrected chi connectivity index (χ1v) is 9.17. The van der Waals surface area contributed by atoms with Crippen LogP contribution in [0, 0.1) is 0 Å². The number of hydrogen-bond donors (Lipinski definition) is 0. The van der Waals surface area contributed by atoms with Gasteiger partial charge in [0.1, 0.15) is 12.4 Å². The highest BCUT2D eigenvalue weighted by Gasteiger charge is 2.19. The van der Waals surface area contributed by atoms with Crippen molar-refractivity contribution in [3.63, 3.8) is 0 Å². The minimum atomic E-state index is 0.139. The average Bonchev–Trinajstić information content (AvgIpc) is 2.97. The van der Waals surface area contributed by atoms with Crippen LogP contribution in [0.15, 0.2) is 24.3 Å². The number of carbonyl (C=O) groups is 1. The van der Waals surface area contributed by atoms with Gasteiger partial charge in [-0.3, -0.25) is 9.69 Å². The Balaban J connectivity index is 1.81. The number of imidazole rings is 1. The summed E-state index contributed by atoms with van der Waals surface area (Å²) in [5, 5.41) is 0. The molecule has 2 heterocycles. The Kier molecular flexibility index (Phi) is 6.04. The molecule has 0 radical (unpaired) electrons. The van der Waals surface area contributed by atoms with Gasteiger partial charge in [0.25, 0.3) is 0 Å². The van der Waals surface area contributed by atoms with Gasteiger partial charge in [-0.2, -0.15) is 0 Å². The van der Waals surface area contributed by atoms with Crippen molar-refractivity contribution in [2.45, 2.75) is 32.9 Å². The van der Waals surface area contributed by atoms with E-state index in [0.29, 0.717) is 6.54 Å². The molecule has 1 saturated heterocycles. The number of amides is 1. The van der Waals surface area contributed by atoms with Crippen molar-refractivity contribution in [3.05, 3.63) is 30.1 Å². The van der Waals surface area contributed by atoms with Gasteiger partial charge in [0, 0.05) is 26.7 Å². The van der Waals surface area contributed by atoms with E-state index >= 15 is 0 Å². The summed E-state index contributed by atoms with van der Waals surface area (Å²) in [5.41, 5.74) is 1.98. The highest BCUT2D eigenvalue weighted by atomic mass is 16.5. The lowest BCUT2D eigenvalue weighted by Gasteiger charge is -2.26. The normalized spacial score (nSPS) is 15.6. The van der Waals surface area contributed by atoms with Gasteiger partial charge in [-0.15, -0.1) is 0 Å². The topological polar surface area (TPSA) is 50.6 Å². The number of carbonyl (C=O) groups excluding carboxylic acids is 1. The third kappa shape index (κ3) is 4.38. The van der Waals surface area contributed by atoms with E-state index < -0.39 is 0 Å². The molecule has 0 N–H and O–H groups in total. The van der Waals surface area contributed by atoms with Crippen molar-refractivity contribution in [3.8, 4) is 0 Å². The number of fused-ring (bicyclic) bond motifs is 1. The summed E-state index contributed by atoms with van der Waals surface area (Å²) in [4.78, 5) is 21.6. The summed E-state index contributed by atoms with van der Waals surface area (Å²) in [6.07, 6.45) is 2.13. The molecule has 136 valence electrons. The monoisotopic (exact) mass is 344 g/mol. The second-order valence-electron chi connectivity index (χ2n) is 6.66. The second kappa shape index (κ2) is 8.45.